The summed E-state index contributed by atoms with van der Waals surface area (Å²) >= 11 is 0. The third-order valence-electron chi connectivity index (χ3n) is 5.22. The van der Waals surface area contributed by atoms with E-state index < -0.39 is 17.8 Å². The van der Waals surface area contributed by atoms with Crippen LogP contribution < -0.4 is 10.6 Å². The minimum atomic E-state index is -1.12. The molecule has 1 aliphatic heterocycles. The molecule has 3 aromatic rings. The molecule has 0 saturated carbocycles. The van der Waals surface area contributed by atoms with E-state index in [9.17, 15) is 9.50 Å². The zero-order valence-electron chi connectivity index (χ0n) is 18.2. The molecule has 2 unspecified atom stereocenters. The summed E-state index contributed by atoms with van der Waals surface area (Å²) in [5.41, 5.74) is 0.592. The quantitative estimate of drug-likeness (QED) is 0.516. The van der Waals surface area contributed by atoms with Crippen LogP contribution in [0.2, 0.25) is 0 Å². The van der Waals surface area contributed by atoms with E-state index in [1.54, 1.807) is 24.5 Å². The van der Waals surface area contributed by atoms with E-state index in [4.69, 9.17) is 0 Å². The summed E-state index contributed by atoms with van der Waals surface area (Å²) in [6.07, 6.45) is 4.06. The van der Waals surface area contributed by atoms with E-state index in [0.717, 1.165) is 0 Å². The predicted molar refractivity (Wildman–Crippen MR) is 125 cm³/mol. The van der Waals surface area contributed by atoms with Crippen LogP contribution in [0.3, 0.4) is 0 Å². The third-order valence-corrected chi connectivity index (χ3v) is 5.22. The van der Waals surface area contributed by atoms with E-state index in [2.05, 4.69) is 36.0 Å². The minimum Gasteiger partial charge on any atom is -0.507 e. The number of benzene rings is 1. The van der Waals surface area contributed by atoms with Crippen molar-refractivity contribution in [2.45, 2.75) is 57.4 Å². The molecule has 0 radical (unpaired) electrons. The lowest BCUT2D eigenvalue weighted by molar-refractivity contribution is 0.0654. The van der Waals surface area contributed by atoms with Gasteiger partial charge >= 0.3 is 0 Å². The molecule has 3 heterocycles. The van der Waals surface area contributed by atoms with E-state index in [1.807, 2.05) is 27.7 Å². The average molecular weight is 485 g/mol. The van der Waals surface area contributed by atoms with Gasteiger partial charge in [0.1, 0.15) is 17.6 Å². The number of phenolic OH excluding ortho intramolecular Hbond substituents is 1. The van der Waals surface area contributed by atoms with Crippen LogP contribution in [0.25, 0.3) is 16.9 Å². The lowest BCUT2D eigenvalue weighted by Crippen LogP contribution is -2.67. The van der Waals surface area contributed by atoms with Crippen molar-refractivity contribution in [3.8, 4) is 22.7 Å². The second-order valence-electron chi connectivity index (χ2n) is 8.77. The zero-order chi connectivity index (χ0) is 21.5. The summed E-state index contributed by atoms with van der Waals surface area (Å²) in [7, 11) is 0. The average Bonchev–Trinajstić information content (AvgIpc) is 3.20. The van der Waals surface area contributed by atoms with Crippen LogP contribution in [-0.4, -0.2) is 58.6 Å². The molecule has 4 rings (SSSR count). The van der Waals surface area contributed by atoms with Gasteiger partial charge in [0.2, 0.25) is 5.95 Å². The Morgan fingerprint density at radius 2 is 1.81 bits per heavy atom. The SMILES string of the molecule is CC1(C)CC(Nc2ncc(-c3ccc(-n4nccn4)cc3O)nn2)C(F)C(C)(C)N1.Cl.Cl. The van der Waals surface area contributed by atoms with Crippen molar-refractivity contribution in [2.75, 3.05) is 5.32 Å². The highest BCUT2D eigenvalue weighted by Gasteiger charge is 2.46. The van der Waals surface area contributed by atoms with Crippen LogP contribution in [0.4, 0.5) is 10.3 Å². The molecule has 0 amide bonds. The number of hydrogen-bond acceptors (Lipinski definition) is 8. The fourth-order valence-corrected chi connectivity index (χ4v) is 4.11. The monoisotopic (exact) mass is 484 g/mol. The smallest absolute Gasteiger partial charge is 0.243 e. The third kappa shape index (κ3) is 5.25. The molecular weight excluding hydrogens is 458 g/mol. The van der Waals surface area contributed by atoms with Gasteiger partial charge in [-0.15, -0.1) is 35.0 Å². The predicted octanol–water partition coefficient (Wildman–Crippen LogP) is 3.34. The molecule has 0 bridgehead atoms. The molecule has 174 valence electrons. The first kappa shape index (κ1) is 25.7. The number of nitrogens with one attached hydrogen (secondary N) is 2. The lowest BCUT2D eigenvalue weighted by Gasteiger charge is -2.48. The Hall–Kier alpha value is -2.56. The molecular formula is C20H27Cl2FN8O. The number of phenols is 1. The molecule has 3 N–H and O–H groups in total. The van der Waals surface area contributed by atoms with Crippen molar-refractivity contribution in [1.82, 2.24) is 35.5 Å². The van der Waals surface area contributed by atoms with Gasteiger partial charge in [-0.1, -0.05) is 0 Å². The molecule has 1 saturated heterocycles. The Kier molecular flexibility index (Phi) is 7.64. The van der Waals surface area contributed by atoms with Crippen LogP contribution in [0.5, 0.6) is 5.75 Å². The van der Waals surface area contributed by atoms with Gasteiger partial charge in [-0.3, -0.25) is 0 Å². The van der Waals surface area contributed by atoms with Crippen molar-refractivity contribution in [1.29, 1.82) is 0 Å². The van der Waals surface area contributed by atoms with Crippen LogP contribution in [0.15, 0.2) is 36.8 Å². The van der Waals surface area contributed by atoms with Crippen LogP contribution >= 0.6 is 24.8 Å². The number of rotatable bonds is 4. The first-order valence-electron chi connectivity index (χ1n) is 9.74. The highest BCUT2D eigenvalue weighted by molar-refractivity contribution is 5.85. The summed E-state index contributed by atoms with van der Waals surface area (Å²) in [5, 5.41) is 33.1. The van der Waals surface area contributed by atoms with Gasteiger partial charge in [0, 0.05) is 22.7 Å². The van der Waals surface area contributed by atoms with Crippen molar-refractivity contribution in [2.24, 2.45) is 0 Å². The lowest BCUT2D eigenvalue weighted by atomic mass is 9.78. The standard InChI is InChI=1S/C20H25FN8O.2ClH/c1-19(2)10-14(17(21)20(3,4)28-19)25-18-22-11-15(26-27-18)13-6-5-12(9-16(13)30)29-23-7-8-24-29;;/h5-9,11,14,17,28,30H,10H2,1-4H3,(H,22,25,27);2*1H. The van der Waals surface area contributed by atoms with Crippen molar-refractivity contribution in [3.05, 3.63) is 36.8 Å². The maximum absolute atomic E-state index is 15.0. The maximum atomic E-state index is 15.0. The van der Waals surface area contributed by atoms with Gasteiger partial charge in [-0.05, 0) is 46.2 Å². The molecule has 1 fully saturated rings. The number of aromatic hydroxyl groups is 1. The minimum absolute atomic E-state index is 0. The highest BCUT2D eigenvalue weighted by atomic mass is 35.5. The number of alkyl halides is 1. The molecule has 1 aromatic carbocycles. The summed E-state index contributed by atoms with van der Waals surface area (Å²) in [5.74, 6) is 0.254. The van der Waals surface area contributed by atoms with E-state index in [-0.39, 0.29) is 42.1 Å². The molecule has 0 aliphatic carbocycles. The second-order valence-corrected chi connectivity index (χ2v) is 8.77. The Morgan fingerprint density at radius 3 is 2.41 bits per heavy atom. The van der Waals surface area contributed by atoms with Crippen molar-refractivity contribution < 1.29 is 9.50 Å². The second kappa shape index (κ2) is 9.51. The van der Waals surface area contributed by atoms with Gasteiger partial charge in [-0.25, -0.2) is 9.37 Å². The molecule has 0 spiro atoms. The fourth-order valence-electron chi connectivity index (χ4n) is 4.11. The number of halogens is 3. The van der Waals surface area contributed by atoms with Crippen LogP contribution in [0, 0.1) is 0 Å². The Morgan fingerprint density at radius 1 is 1.12 bits per heavy atom. The number of aromatic nitrogens is 6. The largest absolute Gasteiger partial charge is 0.507 e. The molecule has 12 heteroatoms. The van der Waals surface area contributed by atoms with Gasteiger partial charge in [0.15, 0.2) is 0 Å². The number of piperidine rings is 1. The zero-order valence-corrected chi connectivity index (χ0v) is 19.8. The van der Waals surface area contributed by atoms with Gasteiger partial charge < -0.3 is 15.7 Å². The Balaban J connectivity index is 0.00000181. The van der Waals surface area contributed by atoms with Crippen LogP contribution in [0.1, 0.15) is 34.1 Å². The summed E-state index contributed by atoms with van der Waals surface area (Å²) in [6.45, 7) is 7.78. The van der Waals surface area contributed by atoms with Crippen molar-refractivity contribution >= 4 is 30.8 Å². The molecule has 2 atom stereocenters. The van der Waals surface area contributed by atoms with Crippen LogP contribution in [-0.2, 0) is 0 Å². The summed E-state index contributed by atoms with van der Waals surface area (Å²) < 4.78 is 15.0. The first-order valence-corrected chi connectivity index (χ1v) is 9.74. The fraction of sp³-hybridized carbons (Fsp3) is 0.450. The maximum Gasteiger partial charge on any atom is 0.243 e. The number of hydrogen-bond donors (Lipinski definition) is 3. The highest BCUT2D eigenvalue weighted by Crippen LogP contribution is 2.33. The topological polar surface area (TPSA) is 114 Å². The molecule has 2 aromatic heterocycles. The first-order chi connectivity index (χ1) is 14.1. The van der Waals surface area contributed by atoms with Gasteiger partial charge in [0.25, 0.3) is 0 Å². The Bertz CT molecular complexity index is 1030. The van der Waals surface area contributed by atoms with Crippen molar-refractivity contribution in [3.63, 3.8) is 0 Å². The van der Waals surface area contributed by atoms with E-state index in [1.165, 1.54) is 17.1 Å². The molecule has 9 nitrogen and oxygen atoms in total. The molecule has 1 aliphatic rings. The molecule has 32 heavy (non-hydrogen) atoms. The van der Waals surface area contributed by atoms with E-state index in [0.29, 0.717) is 23.4 Å². The summed E-state index contributed by atoms with van der Waals surface area (Å²) in [6, 6.07) is 4.55. The summed E-state index contributed by atoms with van der Waals surface area (Å²) in [4.78, 5) is 5.68. The number of anilines is 1. The number of nitrogens with zero attached hydrogens (tertiary/aromatic N) is 6. The van der Waals surface area contributed by atoms with Gasteiger partial charge in [-0.2, -0.15) is 15.0 Å². The van der Waals surface area contributed by atoms with Gasteiger partial charge in [0.05, 0.1) is 30.3 Å². The van der Waals surface area contributed by atoms with E-state index >= 15 is 0 Å². The Labute approximate surface area is 198 Å². The normalized spacial score (nSPS) is 21.2.